The standard InChI is InChI=1S/C16H17ClN2O3S/c1-22-15-9-2-11(17)10-16(15)23(20,21)19-14-7-5-13(6-8-14)18-12-3-4-12/h2,5-10,12,18-19H,3-4H2,1H3. The molecule has 0 radical (unpaired) electrons. The maximum atomic E-state index is 12.5. The van der Waals surface area contributed by atoms with Gasteiger partial charge >= 0.3 is 0 Å². The average molecular weight is 353 g/mol. The molecule has 0 saturated heterocycles. The van der Waals surface area contributed by atoms with E-state index in [9.17, 15) is 8.42 Å². The molecule has 122 valence electrons. The summed E-state index contributed by atoms with van der Waals surface area (Å²) in [5.41, 5.74) is 1.46. The number of halogens is 1. The molecular formula is C16H17ClN2O3S. The Balaban J connectivity index is 1.81. The number of ether oxygens (including phenoxy) is 1. The van der Waals surface area contributed by atoms with Crippen molar-refractivity contribution in [2.24, 2.45) is 0 Å². The Morgan fingerprint density at radius 3 is 2.35 bits per heavy atom. The minimum Gasteiger partial charge on any atom is -0.495 e. The van der Waals surface area contributed by atoms with Crippen LogP contribution in [0.4, 0.5) is 11.4 Å². The lowest BCUT2D eigenvalue weighted by atomic mass is 10.3. The highest BCUT2D eigenvalue weighted by molar-refractivity contribution is 7.92. The highest BCUT2D eigenvalue weighted by atomic mass is 35.5. The zero-order valence-corrected chi connectivity index (χ0v) is 14.1. The molecule has 0 aromatic heterocycles. The maximum absolute atomic E-state index is 12.5. The van der Waals surface area contributed by atoms with Crippen LogP contribution in [0.5, 0.6) is 5.75 Å². The predicted molar refractivity (Wildman–Crippen MR) is 91.9 cm³/mol. The molecule has 0 spiro atoms. The van der Waals surface area contributed by atoms with Gasteiger partial charge < -0.3 is 10.1 Å². The molecule has 23 heavy (non-hydrogen) atoms. The average Bonchev–Trinajstić information content (AvgIpc) is 3.33. The first-order valence-electron chi connectivity index (χ1n) is 7.21. The summed E-state index contributed by atoms with van der Waals surface area (Å²) in [6.07, 6.45) is 2.37. The first-order chi connectivity index (χ1) is 11.0. The van der Waals surface area contributed by atoms with Crippen LogP contribution in [0.2, 0.25) is 5.02 Å². The Morgan fingerprint density at radius 2 is 1.74 bits per heavy atom. The largest absolute Gasteiger partial charge is 0.495 e. The minimum atomic E-state index is -3.78. The van der Waals surface area contributed by atoms with E-state index in [1.807, 2.05) is 12.1 Å². The van der Waals surface area contributed by atoms with Gasteiger partial charge in [0.15, 0.2) is 0 Å². The number of nitrogens with one attached hydrogen (secondary N) is 2. The van der Waals surface area contributed by atoms with Gasteiger partial charge in [-0.1, -0.05) is 11.6 Å². The van der Waals surface area contributed by atoms with Crippen LogP contribution in [-0.2, 0) is 10.0 Å². The van der Waals surface area contributed by atoms with Crippen molar-refractivity contribution < 1.29 is 13.2 Å². The van der Waals surface area contributed by atoms with Gasteiger partial charge in [0, 0.05) is 22.4 Å². The van der Waals surface area contributed by atoms with Crippen LogP contribution in [0.1, 0.15) is 12.8 Å². The molecule has 2 aromatic rings. The molecule has 0 heterocycles. The van der Waals surface area contributed by atoms with E-state index in [-0.39, 0.29) is 10.6 Å². The lowest BCUT2D eigenvalue weighted by Gasteiger charge is -2.12. The first-order valence-corrected chi connectivity index (χ1v) is 9.07. The maximum Gasteiger partial charge on any atom is 0.265 e. The van der Waals surface area contributed by atoms with Crippen molar-refractivity contribution in [3.8, 4) is 5.75 Å². The number of benzene rings is 2. The smallest absolute Gasteiger partial charge is 0.265 e. The van der Waals surface area contributed by atoms with Gasteiger partial charge in [-0.2, -0.15) is 0 Å². The molecule has 0 unspecified atom stereocenters. The molecule has 3 rings (SSSR count). The number of sulfonamides is 1. The first kappa shape index (κ1) is 16.0. The van der Waals surface area contributed by atoms with Crippen molar-refractivity contribution in [2.75, 3.05) is 17.1 Å². The van der Waals surface area contributed by atoms with Gasteiger partial charge in [0.1, 0.15) is 10.6 Å². The van der Waals surface area contributed by atoms with E-state index in [0.717, 1.165) is 5.69 Å². The summed E-state index contributed by atoms with van der Waals surface area (Å²) in [7, 11) is -2.36. The normalized spacial score (nSPS) is 14.3. The summed E-state index contributed by atoms with van der Waals surface area (Å²) in [6.45, 7) is 0. The Kier molecular flexibility index (Phi) is 4.37. The van der Waals surface area contributed by atoms with Crippen LogP contribution in [-0.4, -0.2) is 21.6 Å². The summed E-state index contributed by atoms with van der Waals surface area (Å²) < 4.78 is 32.7. The lowest BCUT2D eigenvalue weighted by molar-refractivity contribution is 0.403. The third-order valence-electron chi connectivity index (χ3n) is 3.50. The van der Waals surface area contributed by atoms with E-state index >= 15 is 0 Å². The van der Waals surface area contributed by atoms with Crippen LogP contribution in [0.3, 0.4) is 0 Å². The molecule has 1 aliphatic rings. The van der Waals surface area contributed by atoms with E-state index in [4.69, 9.17) is 16.3 Å². The van der Waals surface area contributed by atoms with Crippen LogP contribution >= 0.6 is 11.6 Å². The Labute approximate surface area is 140 Å². The van der Waals surface area contributed by atoms with Gasteiger partial charge in [-0.25, -0.2) is 8.42 Å². The van der Waals surface area contributed by atoms with E-state index in [0.29, 0.717) is 16.8 Å². The molecular weight excluding hydrogens is 336 g/mol. The third kappa shape index (κ3) is 3.89. The summed E-state index contributed by atoms with van der Waals surface area (Å²) in [5, 5.41) is 3.68. The molecule has 0 bridgehead atoms. The number of hydrogen-bond donors (Lipinski definition) is 2. The Hall–Kier alpha value is -1.92. The summed E-state index contributed by atoms with van der Waals surface area (Å²) >= 11 is 5.90. The zero-order chi connectivity index (χ0) is 16.4. The second kappa shape index (κ2) is 6.29. The third-order valence-corrected chi connectivity index (χ3v) is 5.14. The molecule has 5 nitrogen and oxygen atoms in total. The van der Waals surface area contributed by atoms with Gasteiger partial charge in [0.05, 0.1) is 7.11 Å². The van der Waals surface area contributed by atoms with Crippen molar-refractivity contribution in [1.29, 1.82) is 0 Å². The van der Waals surface area contributed by atoms with E-state index in [1.54, 1.807) is 18.2 Å². The highest BCUT2D eigenvalue weighted by Gasteiger charge is 2.22. The number of methoxy groups -OCH3 is 1. The predicted octanol–water partition coefficient (Wildman–Crippen LogP) is 3.72. The fourth-order valence-electron chi connectivity index (χ4n) is 2.17. The van der Waals surface area contributed by atoms with Gasteiger partial charge in [-0.15, -0.1) is 0 Å². The van der Waals surface area contributed by atoms with Crippen molar-refractivity contribution in [3.63, 3.8) is 0 Å². The molecule has 1 fully saturated rings. The van der Waals surface area contributed by atoms with Crippen molar-refractivity contribution in [1.82, 2.24) is 0 Å². The molecule has 0 amide bonds. The fourth-order valence-corrected chi connectivity index (χ4v) is 3.66. The Morgan fingerprint density at radius 1 is 1.09 bits per heavy atom. The van der Waals surface area contributed by atoms with Crippen molar-refractivity contribution >= 4 is 33.0 Å². The van der Waals surface area contributed by atoms with Crippen LogP contribution in [0, 0.1) is 0 Å². The minimum absolute atomic E-state index is 0.00711. The quantitative estimate of drug-likeness (QED) is 0.831. The molecule has 0 atom stereocenters. The van der Waals surface area contributed by atoms with Crippen LogP contribution < -0.4 is 14.8 Å². The van der Waals surface area contributed by atoms with Crippen molar-refractivity contribution in [3.05, 3.63) is 47.5 Å². The van der Waals surface area contributed by atoms with Gasteiger partial charge in [0.2, 0.25) is 0 Å². The molecule has 2 N–H and O–H groups in total. The van der Waals surface area contributed by atoms with Crippen LogP contribution in [0.25, 0.3) is 0 Å². The second-order valence-corrected chi connectivity index (χ2v) is 7.48. The monoisotopic (exact) mass is 352 g/mol. The summed E-state index contributed by atoms with van der Waals surface area (Å²) in [6, 6.07) is 12.2. The number of hydrogen-bond acceptors (Lipinski definition) is 4. The summed E-state index contributed by atoms with van der Waals surface area (Å²) in [5.74, 6) is 0.244. The van der Waals surface area contributed by atoms with Gasteiger partial charge in [-0.05, 0) is 55.3 Å². The van der Waals surface area contributed by atoms with E-state index in [2.05, 4.69) is 10.0 Å². The van der Waals surface area contributed by atoms with E-state index in [1.165, 1.54) is 32.1 Å². The topological polar surface area (TPSA) is 67.4 Å². The number of rotatable bonds is 6. The number of anilines is 2. The van der Waals surface area contributed by atoms with Gasteiger partial charge in [0.25, 0.3) is 10.0 Å². The van der Waals surface area contributed by atoms with Crippen molar-refractivity contribution in [2.45, 2.75) is 23.8 Å². The zero-order valence-electron chi connectivity index (χ0n) is 12.5. The molecule has 1 aliphatic carbocycles. The molecule has 7 heteroatoms. The summed E-state index contributed by atoms with van der Waals surface area (Å²) in [4.78, 5) is 0.00711. The van der Waals surface area contributed by atoms with Crippen LogP contribution in [0.15, 0.2) is 47.4 Å². The lowest BCUT2D eigenvalue weighted by Crippen LogP contribution is -2.14. The van der Waals surface area contributed by atoms with E-state index < -0.39 is 10.0 Å². The SMILES string of the molecule is COc1ccc(Cl)cc1S(=O)(=O)Nc1ccc(NC2CC2)cc1. The fraction of sp³-hybridized carbons (Fsp3) is 0.250. The molecule has 0 aliphatic heterocycles. The molecule has 2 aromatic carbocycles. The highest BCUT2D eigenvalue weighted by Crippen LogP contribution is 2.29. The van der Waals surface area contributed by atoms with Gasteiger partial charge in [-0.3, -0.25) is 4.72 Å². The Bertz CT molecular complexity index is 803. The second-order valence-electron chi connectivity index (χ2n) is 5.40. The molecule has 1 saturated carbocycles.